The van der Waals surface area contributed by atoms with Crippen LogP contribution in [0.4, 0.5) is 4.79 Å². The molecule has 0 fully saturated rings. The van der Waals surface area contributed by atoms with Gasteiger partial charge in [-0.15, -0.1) is 0 Å². The SMILES string of the molecule is CCCC(C)NC(=O)C(c1ccc(C)c(C)c1)N(CC#N)C(=O)C(NC(=O)OC(C)(C)C)C(C)CC. The smallest absolute Gasteiger partial charge is 0.408 e. The first-order valence-corrected chi connectivity index (χ1v) is 12.8. The molecule has 1 aromatic carbocycles. The van der Waals surface area contributed by atoms with Crippen LogP contribution in [-0.2, 0) is 14.3 Å². The van der Waals surface area contributed by atoms with Crippen molar-refractivity contribution in [3.05, 3.63) is 34.9 Å². The van der Waals surface area contributed by atoms with Crippen molar-refractivity contribution in [3.8, 4) is 6.07 Å². The van der Waals surface area contributed by atoms with Gasteiger partial charge in [-0.3, -0.25) is 9.59 Å². The minimum absolute atomic E-state index is 0.0965. The van der Waals surface area contributed by atoms with E-state index < -0.39 is 29.7 Å². The zero-order valence-electron chi connectivity index (χ0n) is 23.4. The number of benzene rings is 1. The topological polar surface area (TPSA) is 112 Å². The molecule has 1 rings (SSSR count). The first-order valence-electron chi connectivity index (χ1n) is 12.8. The van der Waals surface area contributed by atoms with Crippen molar-refractivity contribution in [2.75, 3.05) is 6.54 Å². The molecule has 8 heteroatoms. The fraction of sp³-hybridized carbons (Fsp3) is 0.643. The van der Waals surface area contributed by atoms with E-state index in [9.17, 15) is 19.6 Å². The minimum Gasteiger partial charge on any atom is -0.444 e. The van der Waals surface area contributed by atoms with Crippen molar-refractivity contribution < 1.29 is 19.1 Å². The fourth-order valence-corrected chi connectivity index (χ4v) is 3.90. The summed E-state index contributed by atoms with van der Waals surface area (Å²) in [4.78, 5) is 41.4. The highest BCUT2D eigenvalue weighted by Crippen LogP contribution is 2.26. The quantitative estimate of drug-likeness (QED) is 0.418. The molecule has 0 saturated carbocycles. The van der Waals surface area contributed by atoms with Crippen LogP contribution in [0.2, 0.25) is 0 Å². The van der Waals surface area contributed by atoms with Gasteiger partial charge in [0.15, 0.2) is 0 Å². The van der Waals surface area contributed by atoms with E-state index in [4.69, 9.17) is 4.74 Å². The number of rotatable bonds is 11. The number of carbonyl (C=O) groups is 3. The van der Waals surface area contributed by atoms with Crippen LogP contribution in [0.3, 0.4) is 0 Å². The van der Waals surface area contributed by atoms with Gasteiger partial charge in [-0.2, -0.15) is 5.26 Å². The normalized spacial score (nSPS) is 14.6. The Hall–Kier alpha value is -3.08. The monoisotopic (exact) mass is 500 g/mol. The van der Waals surface area contributed by atoms with E-state index in [-0.39, 0.29) is 24.4 Å². The maximum Gasteiger partial charge on any atom is 0.408 e. The second-order valence-corrected chi connectivity index (χ2v) is 10.6. The molecule has 4 atom stereocenters. The zero-order valence-corrected chi connectivity index (χ0v) is 23.4. The van der Waals surface area contributed by atoms with Crippen molar-refractivity contribution in [2.45, 2.75) is 105 Å². The summed E-state index contributed by atoms with van der Waals surface area (Å²) in [7, 11) is 0. The predicted octanol–water partition coefficient (Wildman–Crippen LogP) is 4.94. The Labute approximate surface area is 216 Å². The molecule has 8 nitrogen and oxygen atoms in total. The molecule has 1 aromatic rings. The molecule has 4 unspecified atom stereocenters. The number of nitriles is 1. The van der Waals surface area contributed by atoms with Crippen LogP contribution in [-0.4, -0.2) is 47.0 Å². The minimum atomic E-state index is -1.03. The molecule has 0 aliphatic rings. The van der Waals surface area contributed by atoms with Crippen molar-refractivity contribution in [1.29, 1.82) is 5.26 Å². The second kappa shape index (κ2) is 13.9. The molecule has 3 amide bonds. The van der Waals surface area contributed by atoms with Gasteiger partial charge in [0.25, 0.3) is 0 Å². The number of aryl methyl sites for hydroxylation is 2. The van der Waals surface area contributed by atoms with Crippen molar-refractivity contribution >= 4 is 17.9 Å². The number of hydrogen-bond acceptors (Lipinski definition) is 5. The standard InChI is InChI=1S/C28H44N4O4/c1-10-12-21(6)30-25(33)24(22-14-13-19(4)20(5)17-22)32(16-15-29)26(34)23(18(3)11-2)31-27(35)36-28(7,8)9/h13-14,17-18,21,23-24H,10-12,16H2,1-9H3,(H,30,33)(H,31,35). The highest BCUT2D eigenvalue weighted by atomic mass is 16.6. The number of amides is 3. The molecule has 36 heavy (non-hydrogen) atoms. The molecule has 200 valence electrons. The number of carbonyl (C=O) groups excluding carboxylic acids is 3. The van der Waals surface area contributed by atoms with Crippen LogP contribution in [0.5, 0.6) is 0 Å². The summed E-state index contributed by atoms with van der Waals surface area (Å²) in [6.07, 6.45) is 1.56. The van der Waals surface area contributed by atoms with Crippen LogP contribution in [0.1, 0.15) is 90.5 Å². The lowest BCUT2D eigenvalue weighted by Gasteiger charge is -2.35. The van der Waals surface area contributed by atoms with Gasteiger partial charge in [0, 0.05) is 6.04 Å². The Balaban J connectivity index is 3.52. The van der Waals surface area contributed by atoms with E-state index in [2.05, 4.69) is 10.6 Å². The largest absolute Gasteiger partial charge is 0.444 e. The van der Waals surface area contributed by atoms with Gasteiger partial charge in [0.1, 0.15) is 24.2 Å². The van der Waals surface area contributed by atoms with Gasteiger partial charge in [-0.25, -0.2) is 4.79 Å². The molecule has 0 aliphatic carbocycles. The van der Waals surface area contributed by atoms with Crippen LogP contribution in [0.15, 0.2) is 18.2 Å². The zero-order chi connectivity index (χ0) is 27.6. The van der Waals surface area contributed by atoms with Gasteiger partial charge in [-0.1, -0.05) is 51.8 Å². The predicted molar refractivity (Wildman–Crippen MR) is 141 cm³/mol. The van der Waals surface area contributed by atoms with E-state index in [1.165, 1.54) is 4.90 Å². The molecular formula is C28H44N4O4. The Kier molecular flexibility index (Phi) is 11.9. The maximum absolute atomic E-state index is 13.9. The number of hydrogen-bond donors (Lipinski definition) is 2. The fourth-order valence-electron chi connectivity index (χ4n) is 3.90. The molecule has 0 radical (unpaired) electrons. The Morgan fingerprint density at radius 1 is 1.08 bits per heavy atom. The molecule has 0 heterocycles. The van der Waals surface area contributed by atoms with Gasteiger partial charge in [0.2, 0.25) is 11.8 Å². The van der Waals surface area contributed by atoms with Crippen LogP contribution in [0.25, 0.3) is 0 Å². The van der Waals surface area contributed by atoms with Gasteiger partial charge >= 0.3 is 6.09 Å². The summed E-state index contributed by atoms with van der Waals surface area (Å²) in [6.45, 7) is 16.5. The number of nitrogens with one attached hydrogen (secondary N) is 2. The van der Waals surface area contributed by atoms with Gasteiger partial charge < -0.3 is 20.3 Å². The summed E-state index contributed by atoms with van der Waals surface area (Å²) < 4.78 is 5.39. The molecule has 0 bridgehead atoms. The van der Waals surface area contributed by atoms with E-state index in [1.807, 2.05) is 65.8 Å². The lowest BCUT2D eigenvalue weighted by molar-refractivity contribution is -0.143. The molecule has 2 N–H and O–H groups in total. The summed E-state index contributed by atoms with van der Waals surface area (Å²) in [5, 5.41) is 15.4. The van der Waals surface area contributed by atoms with E-state index in [1.54, 1.807) is 20.8 Å². The Morgan fingerprint density at radius 2 is 1.72 bits per heavy atom. The number of ether oxygens (including phenoxy) is 1. The Morgan fingerprint density at radius 3 is 2.22 bits per heavy atom. The van der Waals surface area contributed by atoms with Crippen LogP contribution >= 0.6 is 0 Å². The molecule has 0 aliphatic heterocycles. The Bertz CT molecular complexity index is 948. The van der Waals surface area contributed by atoms with Crippen molar-refractivity contribution in [3.63, 3.8) is 0 Å². The summed E-state index contributed by atoms with van der Waals surface area (Å²) in [6, 6.07) is 5.55. The van der Waals surface area contributed by atoms with Gasteiger partial charge in [-0.05, 0) is 70.6 Å². The van der Waals surface area contributed by atoms with Gasteiger partial charge in [0.05, 0.1) is 6.07 Å². The third-order valence-corrected chi connectivity index (χ3v) is 6.19. The lowest BCUT2D eigenvalue weighted by Crippen LogP contribution is -2.55. The van der Waals surface area contributed by atoms with Crippen molar-refractivity contribution in [1.82, 2.24) is 15.5 Å². The highest BCUT2D eigenvalue weighted by molar-refractivity contribution is 5.92. The van der Waals surface area contributed by atoms with Crippen molar-refractivity contribution in [2.24, 2.45) is 5.92 Å². The number of alkyl carbamates (subject to hydrolysis) is 1. The lowest BCUT2D eigenvalue weighted by atomic mass is 9.94. The first-order chi connectivity index (χ1) is 16.7. The van der Waals surface area contributed by atoms with Crippen LogP contribution < -0.4 is 10.6 Å². The summed E-state index contributed by atoms with van der Waals surface area (Å²) in [5.41, 5.74) is 1.90. The average Bonchev–Trinajstić information content (AvgIpc) is 2.77. The summed E-state index contributed by atoms with van der Waals surface area (Å²) in [5.74, 6) is -1.12. The summed E-state index contributed by atoms with van der Waals surface area (Å²) >= 11 is 0. The average molecular weight is 501 g/mol. The molecule has 0 spiro atoms. The second-order valence-electron chi connectivity index (χ2n) is 10.6. The van der Waals surface area contributed by atoms with E-state index >= 15 is 0 Å². The molecule has 0 aromatic heterocycles. The molecule has 0 saturated heterocycles. The number of nitrogens with zero attached hydrogens (tertiary/aromatic N) is 2. The third-order valence-electron chi connectivity index (χ3n) is 6.19. The molecular weight excluding hydrogens is 456 g/mol. The van der Waals surface area contributed by atoms with E-state index in [0.29, 0.717) is 12.0 Å². The first kappa shape index (κ1) is 31.0. The van der Waals surface area contributed by atoms with E-state index in [0.717, 1.165) is 24.0 Å². The maximum atomic E-state index is 13.9. The van der Waals surface area contributed by atoms with Crippen LogP contribution in [0, 0.1) is 31.1 Å². The third kappa shape index (κ3) is 9.18. The highest BCUT2D eigenvalue weighted by Gasteiger charge is 2.38.